The van der Waals surface area contributed by atoms with E-state index in [-0.39, 0.29) is 11.8 Å². The number of nitrogens with one attached hydrogen (secondary N) is 1. The number of aromatic amines is 1. The van der Waals surface area contributed by atoms with Gasteiger partial charge < -0.3 is 19.5 Å². The van der Waals surface area contributed by atoms with Gasteiger partial charge in [-0.1, -0.05) is 12.1 Å². The van der Waals surface area contributed by atoms with E-state index in [0.29, 0.717) is 13.2 Å². The first kappa shape index (κ1) is 14.5. The number of fused-ring (bicyclic) bond motifs is 1. The minimum absolute atomic E-state index is 0.0649. The molecule has 2 aliphatic rings. The van der Waals surface area contributed by atoms with Crippen LogP contribution in [0.15, 0.2) is 24.3 Å². The summed E-state index contributed by atoms with van der Waals surface area (Å²) < 4.78 is 5.34. The molecule has 1 aromatic heterocycles. The lowest BCUT2D eigenvalue weighted by atomic mass is 9.96. The Labute approximate surface area is 135 Å². The monoisotopic (exact) mass is 314 g/mol. The molecule has 0 saturated carbocycles. The van der Waals surface area contributed by atoms with Crippen molar-refractivity contribution in [2.24, 2.45) is 5.92 Å². The number of hydrogen-bond donors (Lipinski definition) is 1. The molecule has 2 saturated heterocycles. The topological polar surface area (TPSA) is 61.5 Å². The Bertz CT molecular complexity index is 660. The van der Waals surface area contributed by atoms with Gasteiger partial charge in [0, 0.05) is 26.2 Å². The highest BCUT2D eigenvalue weighted by atomic mass is 16.5. The van der Waals surface area contributed by atoms with Gasteiger partial charge in [-0.3, -0.25) is 4.79 Å². The fraction of sp³-hybridized carbons (Fsp3) is 0.529. The van der Waals surface area contributed by atoms with E-state index < -0.39 is 0 Å². The molecule has 2 fully saturated rings. The number of H-pyrrole nitrogens is 1. The Hall–Kier alpha value is -2.08. The van der Waals surface area contributed by atoms with Crippen LogP contribution in [-0.2, 0) is 9.53 Å². The second-order valence-corrected chi connectivity index (χ2v) is 6.30. The average molecular weight is 314 g/mol. The van der Waals surface area contributed by atoms with Crippen LogP contribution in [0.4, 0.5) is 5.95 Å². The summed E-state index contributed by atoms with van der Waals surface area (Å²) in [5.41, 5.74) is 2.02. The molecule has 1 aromatic carbocycles. The lowest BCUT2D eigenvalue weighted by Crippen LogP contribution is -2.48. The van der Waals surface area contributed by atoms with Crippen molar-refractivity contribution < 1.29 is 9.53 Å². The number of imidazole rings is 1. The molecule has 1 unspecified atom stereocenters. The lowest BCUT2D eigenvalue weighted by molar-refractivity contribution is -0.139. The zero-order chi connectivity index (χ0) is 15.6. The molecule has 3 heterocycles. The Kier molecular flexibility index (Phi) is 3.91. The smallest absolute Gasteiger partial charge is 0.227 e. The standard InChI is InChI=1S/C17H22N4O2/c22-16(20-8-10-23-11-9-20)13-4-3-7-21(12-13)17-18-14-5-1-2-6-15(14)19-17/h1-2,5-6,13H,3-4,7-12H2,(H,18,19). The molecule has 1 amide bonds. The van der Waals surface area contributed by atoms with Crippen molar-refractivity contribution in [3.05, 3.63) is 24.3 Å². The number of amides is 1. The van der Waals surface area contributed by atoms with Crippen molar-refractivity contribution in [2.45, 2.75) is 12.8 Å². The van der Waals surface area contributed by atoms with Crippen LogP contribution >= 0.6 is 0 Å². The third-order valence-electron chi connectivity index (χ3n) is 4.77. The summed E-state index contributed by atoms with van der Waals surface area (Å²) in [6.45, 7) is 4.46. The first-order valence-electron chi connectivity index (χ1n) is 8.37. The number of para-hydroxylation sites is 2. The summed E-state index contributed by atoms with van der Waals surface area (Å²) in [5.74, 6) is 1.22. The van der Waals surface area contributed by atoms with Gasteiger partial charge in [-0.25, -0.2) is 4.98 Å². The van der Waals surface area contributed by atoms with Crippen LogP contribution in [0.3, 0.4) is 0 Å². The van der Waals surface area contributed by atoms with Gasteiger partial charge in [-0.15, -0.1) is 0 Å². The highest BCUT2D eigenvalue weighted by Crippen LogP contribution is 2.24. The quantitative estimate of drug-likeness (QED) is 0.915. The fourth-order valence-corrected chi connectivity index (χ4v) is 3.50. The average Bonchev–Trinajstić information content (AvgIpc) is 3.06. The van der Waals surface area contributed by atoms with E-state index in [1.54, 1.807) is 0 Å². The maximum Gasteiger partial charge on any atom is 0.227 e. The van der Waals surface area contributed by atoms with Gasteiger partial charge in [0.05, 0.1) is 30.2 Å². The van der Waals surface area contributed by atoms with Crippen molar-refractivity contribution in [2.75, 3.05) is 44.3 Å². The molecule has 0 spiro atoms. The molecule has 4 rings (SSSR count). The number of carbonyl (C=O) groups excluding carboxylic acids is 1. The number of benzene rings is 1. The zero-order valence-electron chi connectivity index (χ0n) is 13.2. The molecule has 0 bridgehead atoms. The predicted octanol–water partition coefficient (Wildman–Crippen LogP) is 1.64. The van der Waals surface area contributed by atoms with Gasteiger partial charge in [-0.05, 0) is 25.0 Å². The molecule has 1 atom stereocenters. The SMILES string of the molecule is O=C(C1CCCN(c2nc3ccccc3[nH]2)C1)N1CCOCC1. The molecule has 2 aliphatic heterocycles. The van der Waals surface area contributed by atoms with E-state index in [9.17, 15) is 4.79 Å². The van der Waals surface area contributed by atoms with Crippen LogP contribution in [0.25, 0.3) is 11.0 Å². The van der Waals surface area contributed by atoms with Gasteiger partial charge in [0.2, 0.25) is 11.9 Å². The van der Waals surface area contributed by atoms with E-state index in [0.717, 1.165) is 56.0 Å². The van der Waals surface area contributed by atoms with Crippen LogP contribution < -0.4 is 4.90 Å². The number of carbonyl (C=O) groups is 1. The Morgan fingerprint density at radius 1 is 1.22 bits per heavy atom. The number of piperidine rings is 1. The molecule has 122 valence electrons. The summed E-state index contributed by atoms with van der Waals surface area (Å²) >= 11 is 0. The Balaban J connectivity index is 1.48. The van der Waals surface area contributed by atoms with Crippen LogP contribution in [0, 0.1) is 5.92 Å². The molecule has 0 radical (unpaired) electrons. The minimum atomic E-state index is 0.0649. The first-order chi connectivity index (χ1) is 11.3. The molecule has 0 aliphatic carbocycles. The van der Waals surface area contributed by atoms with Crippen molar-refractivity contribution in [3.63, 3.8) is 0 Å². The molecule has 6 nitrogen and oxygen atoms in total. The van der Waals surface area contributed by atoms with Crippen LogP contribution in [0.5, 0.6) is 0 Å². The van der Waals surface area contributed by atoms with Gasteiger partial charge in [0.25, 0.3) is 0 Å². The summed E-state index contributed by atoms with van der Waals surface area (Å²) in [4.78, 5) is 24.9. The van der Waals surface area contributed by atoms with E-state index in [4.69, 9.17) is 4.74 Å². The number of anilines is 1. The van der Waals surface area contributed by atoms with Crippen LogP contribution in [-0.4, -0.2) is 60.2 Å². The van der Waals surface area contributed by atoms with Crippen molar-refractivity contribution in [1.29, 1.82) is 0 Å². The first-order valence-corrected chi connectivity index (χ1v) is 8.37. The minimum Gasteiger partial charge on any atom is -0.378 e. The highest BCUT2D eigenvalue weighted by molar-refractivity contribution is 5.80. The van der Waals surface area contributed by atoms with Gasteiger partial charge in [-0.2, -0.15) is 0 Å². The Morgan fingerprint density at radius 2 is 2.04 bits per heavy atom. The molecule has 6 heteroatoms. The maximum atomic E-state index is 12.7. The Morgan fingerprint density at radius 3 is 2.87 bits per heavy atom. The van der Waals surface area contributed by atoms with Gasteiger partial charge in [0.1, 0.15) is 0 Å². The van der Waals surface area contributed by atoms with E-state index in [2.05, 4.69) is 14.9 Å². The fourth-order valence-electron chi connectivity index (χ4n) is 3.50. The van der Waals surface area contributed by atoms with Crippen molar-refractivity contribution >= 4 is 22.9 Å². The highest BCUT2D eigenvalue weighted by Gasteiger charge is 2.31. The third-order valence-corrected chi connectivity index (χ3v) is 4.77. The summed E-state index contributed by atoms with van der Waals surface area (Å²) in [6, 6.07) is 8.04. The van der Waals surface area contributed by atoms with Crippen molar-refractivity contribution in [3.8, 4) is 0 Å². The summed E-state index contributed by atoms with van der Waals surface area (Å²) in [6.07, 6.45) is 1.99. The predicted molar refractivity (Wildman–Crippen MR) is 88.4 cm³/mol. The number of aromatic nitrogens is 2. The van der Waals surface area contributed by atoms with Crippen molar-refractivity contribution in [1.82, 2.24) is 14.9 Å². The molecule has 2 aromatic rings. The molecule has 1 N–H and O–H groups in total. The maximum absolute atomic E-state index is 12.7. The largest absolute Gasteiger partial charge is 0.378 e. The lowest BCUT2D eigenvalue weighted by Gasteiger charge is -2.36. The summed E-state index contributed by atoms with van der Waals surface area (Å²) in [5, 5.41) is 0. The van der Waals surface area contributed by atoms with E-state index in [1.165, 1.54) is 0 Å². The van der Waals surface area contributed by atoms with Crippen LogP contribution in [0.1, 0.15) is 12.8 Å². The van der Waals surface area contributed by atoms with Crippen LogP contribution in [0.2, 0.25) is 0 Å². The molecular weight excluding hydrogens is 292 g/mol. The van der Waals surface area contributed by atoms with Gasteiger partial charge in [0.15, 0.2) is 0 Å². The third kappa shape index (κ3) is 2.91. The normalized spacial score (nSPS) is 22.5. The number of nitrogens with zero attached hydrogens (tertiary/aromatic N) is 3. The zero-order valence-corrected chi connectivity index (χ0v) is 13.2. The van der Waals surface area contributed by atoms with E-state index in [1.807, 2.05) is 29.2 Å². The molecule has 23 heavy (non-hydrogen) atoms. The number of morpholine rings is 1. The summed E-state index contributed by atoms with van der Waals surface area (Å²) in [7, 11) is 0. The number of ether oxygens (including phenoxy) is 1. The number of rotatable bonds is 2. The number of hydrogen-bond acceptors (Lipinski definition) is 4. The van der Waals surface area contributed by atoms with E-state index >= 15 is 0 Å². The second-order valence-electron chi connectivity index (χ2n) is 6.30. The molecular formula is C17H22N4O2. The second kappa shape index (κ2) is 6.20. The van der Waals surface area contributed by atoms with Gasteiger partial charge >= 0.3 is 0 Å².